The van der Waals surface area contributed by atoms with Gasteiger partial charge in [-0.25, -0.2) is 0 Å². The van der Waals surface area contributed by atoms with Crippen LogP contribution in [0.3, 0.4) is 0 Å². The molecule has 0 spiro atoms. The number of hydrogen-bond acceptors (Lipinski definition) is 2. The number of carbonyl (C=O) groups excluding carboxylic acids is 1. The third-order valence-corrected chi connectivity index (χ3v) is 3.09. The van der Waals surface area contributed by atoms with Gasteiger partial charge in [-0.15, -0.1) is 0 Å². The Morgan fingerprint density at radius 1 is 1.25 bits per heavy atom. The molecule has 0 radical (unpaired) electrons. The maximum absolute atomic E-state index is 12.6. The molecule has 0 saturated carbocycles. The number of para-hydroxylation sites is 2. The van der Waals surface area contributed by atoms with Crippen molar-refractivity contribution in [2.75, 3.05) is 18.6 Å². The zero-order chi connectivity index (χ0) is 15.2. The van der Waals surface area contributed by atoms with E-state index in [0.29, 0.717) is 6.42 Å². The van der Waals surface area contributed by atoms with Crippen LogP contribution in [-0.4, -0.2) is 19.6 Å². The van der Waals surface area contributed by atoms with Crippen molar-refractivity contribution in [2.24, 2.45) is 5.41 Å². The molecule has 112 valence electrons. The molecular formula is C17H27NO2. The summed E-state index contributed by atoms with van der Waals surface area (Å²) in [4.78, 5) is 14.5. The molecule has 0 unspecified atom stereocenters. The highest BCUT2D eigenvalue weighted by Gasteiger charge is 2.23. The van der Waals surface area contributed by atoms with E-state index in [4.69, 9.17) is 4.74 Å². The van der Waals surface area contributed by atoms with E-state index in [9.17, 15) is 4.79 Å². The molecular weight excluding hydrogens is 250 g/mol. The molecule has 0 bridgehead atoms. The van der Waals surface area contributed by atoms with E-state index in [0.717, 1.165) is 30.8 Å². The number of ether oxygens (including phenoxy) is 1. The second-order valence-electron chi connectivity index (χ2n) is 6.31. The molecule has 0 aromatic heterocycles. The van der Waals surface area contributed by atoms with E-state index in [1.165, 1.54) is 0 Å². The van der Waals surface area contributed by atoms with Crippen LogP contribution in [0, 0.1) is 5.41 Å². The fourth-order valence-electron chi connectivity index (χ4n) is 2.10. The Bertz CT molecular complexity index is 435. The first-order valence-corrected chi connectivity index (χ1v) is 7.32. The molecule has 0 aliphatic rings. The van der Waals surface area contributed by atoms with Crippen molar-refractivity contribution >= 4 is 11.6 Å². The van der Waals surface area contributed by atoms with Gasteiger partial charge >= 0.3 is 0 Å². The predicted octanol–water partition coefficient (Wildman–Crippen LogP) is 4.26. The Kier molecular flexibility index (Phi) is 6.05. The van der Waals surface area contributed by atoms with Crippen LogP contribution >= 0.6 is 0 Å². The van der Waals surface area contributed by atoms with E-state index in [-0.39, 0.29) is 11.3 Å². The van der Waals surface area contributed by atoms with Gasteiger partial charge in [0.1, 0.15) is 5.75 Å². The number of benzene rings is 1. The Hall–Kier alpha value is -1.51. The average molecular weight is 277 g/mol. The largest absolute Gasteiger partial charge is 0.495 e. The van der Waals surface area contributed by atoms with Crippen molar-refractivity contribution in [2.45, 2.75) is 47.0 Å². The average Bonchev–Trinajstić information content (AvgIpc) is 2.37. The maximum Gasteiger partial charge on any atom is 0.227 e. The normalized spacial score (nSPS) is 11.2. The van der Waals surface area contributed by atoms with Crippen LogP contribution in [0.2, 0.25) is 0 Å². The van der Waals surface area contributed by atoms with Crippen LogP contribution in [0.4, 0.5) is 5.69 Å². The zero-order valence-corrected chi connectivity index (χ0v) is 13.4. The summed E-state index contributed by atoms with van der Waals surface area (Å²) in [7, 11) is 1.64. The fraction of sp³-hybridized carbons (Fsp3) is 0.588. The first-order chi connectivity index (χ1) is 9.39. The molecule has 1 aromatic carbocycles. The minimum Gasteiger partial charge on any atom is -0.495 e. The summed E-state index contributed by atoms with van der Waals surface area (Å²) in [5.74, 6) is 0.918. The van der Waals surface area contributed by atoms with Gasteiger partial charge in [-0.3, -0.25) is 4.79 Å². The van der Waals surface area contributed by atoms with Gasteiger partial charge < -0.3 is 9.64 Å². The molecule has 0 saturated heterocycles. The molecule has 0 N–H and O–H groups in total. The van der Waals surface area contributed by atoms with Crippen LogP contribution in [0.15, 0.2) is 24.3 Å². The van der Waals surface area contributed by atoms with Crippen molar-refractivity contribution in [3.63, 3.8) is 0 Å². The van der Waals surface area contributed by atoms with E-state index in [1.54, 1.807) is 7.11 Å². The van der Waals surface area contributed by atoms with Crippen LogP contribution < -0.4 is 9.64 Å². The standard InChI is InChI=1S/C17H27NO2/c1-6-7-12-18(16(19)13-17(2,3)4)14-10-8-9-11-15(14)20-5/h8-11H,6-7,12-13H2,1-5H3. The zero-order valence-electron chi connectivity index (χ0n) is 13.4. The minimum absolute atomic E-state index is 0.0104. The highest BCUT2D eigenvalue weighted by Crippen LogP contribution is 2.30. The van der Waals surface area contributed by atoms with Gasteiger partial charge in [0, 0.05) is 13.0 Å². The Morgan fingerprint density at radius 2 is 1.90 bits per heavy atom. The summed E-state index contributed by atoms with van der Waals surface area (Å²) in [5, 5.41) is 0. The van der Waals surface area contributed by atoms with Crippen LogP contribution in [0.1, 0.15) is 47.0 Å². The monoisotopic (exact) mass is 277 g/mol. The number of hydrogen-bond donors (Lipinski definition) is 0. The lowest BCUT2D eigenvalue weighted by atomic mass is 9.91. The number of methoxy groups -OCH3 is 1. The quantitative estimate of drug-likeness (QED) is 0.777. The summed E-state index contributed by atoms with van der Waals surface area (Å²) in [6.07, 6.45) is 2.59. The fourth-order valence-corrected chi connectivity index (χ4v) is 2.10. The lowest BCUT2D eigenvalue weighted by Crippen LogP contribution is -2.34. The molecule has 0 aliphatic carbocycles. The van der Waals surface area contributed by atoms with Crippen molar-refractivity contribution < 1.29 is 9.53 Å². The molecule has 1 aromatic rings. The molecule has 0 aliphatic heterocycles. The van der Waals surface area contributed by atoms with Gasteiger partial charge in [-0.2, -0.15) is 0 Å². The molecule has 1 amide bonds. The number of unbranched alkanes of at least 4 members (excludes halogenated alkanes) is 1. The number of amides is 1. The van der Waals surface area contributed by atoms with Gasteiger partial charge in [-0.05, 0) is 24.0 Å². The maximum atomic E-state index is 12.6. The number of carbonyl (C=O) groups is 1. The van der Waals surface area contributed by atoms with Gasteiger partial charge in [0.15, 0.2) is 0 Å². The molecule has 0 atom stereocenters. The van der Waals surface area contributed by atoms with E-state index in [1.807, 2.05) is 29.2 Å². The van der Waals surface area contributed by atoms with Crippen molar-refractivity contribution in [1.29, 1.82) is 0 Å². The third kappa shape index (κ3) is 4.87. The second kappa shape index (κ2) is 7.32. The number of rotatable bonds is 6. The summed E-state index contributed by atoms with van der Waals surface area (Å²) in [6, 6.07) is 7.73. The SMILES string of the molecule is CCCCN(C(=O)CC(C)(C)C)c1ccccc1OC. The van der Waals surface area contributed by atoms with Crippen LogP contribution in [0.25, 0.3) is 0 Å². The Morgan fingerprint density at radius 3 is 2.45 bits per heavy atom. The predicted molar refractivity (Wildman–Crippen MR) is 84.3 cm³/mol. The summed E-state index contributed by atoms with van der Waals surface area (Å²) in [6.45, 7) is 9.14. The summed E-state index contributed by atoms with van der Waals surface area (Å²) >= 11 is 0. The molecule has 3 heteroatoms. The Labute approximate surface area is 122 Å². The Balaban J connectivity index is 3.02. The lowest BCUT2D eigenvalue weighted by molar-refractivity contribution is -0.120. The first kappa shape index (κ1) is 16.5. The smallest absolute Gasteiger partial charge is 0.227 e. The molecule has 0 heterocycles. The van der Waals surface area contributed by atoms with E-state index < -0.39 is 0 Å². The summed E-state index contributed by atoms with van der Waals surface area (Å²) < 4.78 is 5.39. The second-order valence-corrected chi connectivity index (χ2v) is 6.31. The number of nitrogens with zero attached hydrogens (tertiary/aromatic N) is 1. The van der Waals surface area contributed by atoms with Gasteiger partial charge in [0.25, 0.3) is 0 Å². The van der Waals surface area contributed by atoms with Crippen LogP contribution in [-0.2, 0) is 4.79 Å². The number of anilines is 1. The van der Waals surface area contributed by atoms with Crippen molar-refractivity contribution in [3.8, 4) is 5.75 Å². The first-order valence-electron chi connectivity index (χ1n) is 7.32. The van der Waals surface area contributed by atoms with Crippen molar-refractivity contribution in [3.05, 3.63) is 24.3 Å². The highest BCUT2D eigenvalue weighted by atomic mass is 16.5. The highest BCUT2D eigenvalue weighted by molar-refractivity contribution is 5.95. The lowest BCUT2D eigenvalue weighted by Gasteiger charge is -2.28. The topological polar surface area (TPSA) is 29.5 Å². The third-order valence-electron chi connectivity index (χ3n) is 3.09. The van der Waals surface area contributed by atoms with Crippen LogP contribution in [0.5, 0.6) is 5.75 Å². The summed E-state index contributed by atoms with van der Waals surface area (Å²) in [5.41, 5.74) is 0.863. The van der Waals surface area contributed by atoms with Gasteiger partial charge in [-0.1, -0.05) is 46.2 Å². The van der Waals surface area contributed by atoms with E-state index >= 15 is 0 Å². The molecule has 1 rings (SSSR count). The molecule has 3 nitrogen and oxygen atoms in total. The van der Waals surface area contributed by atoms with E-state index in [2.05, 4.69) is 27.7 Å². The van der Waals surface area contributed by atoms with Crippen molar-refractivity contribution in [1.82, 2.24) is 0 Å². The molecule has 20 heavy (non-hydrogen) atoms. The minimum atomic E-state index is -0.0104. The van der Waals surface area contributed by atoms with Gasteiger partial charge in [0.2, 0.25) is 5.91 Å². The molecule has 0 fully saturated rings. The van der Waals surface area contributed by atoms with Gasteiger partial charge in [0.05, 0.1) is 12.8 Å².